The molecular formula is C17H19Cl2NO4. The molecule has 0 radical (unpaired) electrons. The standard InChI is InChI=1S/C17H19Cl2NO4/c1-11(21)13(8-12-6-4-3-5-7-12)20-14(22)9-24-15(23)16(2)10-17(16,18)19/h3-7,13H,8-10H2,1-2H3,(H,20,22)/t13-,16-/m1/s1. The summed E-state index contributed by atoms with van der Waals surface area (Å²) in [5.74, 6) is -1.34. The van der Waals surface area contributed by atoms with Gasteiger partial charge in [-0.25, -0.2) is 0 Å². The zero-order chi connectivity index (χ0) is 18.0. The molecule has 1 aromatic carbocycles. The molecule has 1 aliphatic rings. The van der Waals surface area contributed by atoms with Gasteiger partial charge in [-0.15, -0.1) is 23.2 Å². The minimum absolute atomic E-state index is 0.173. The first-order chi connectivity index (χ1) is 11.2. The highest BCUT2D eigenvalue weighted by Gasteiger charge is 2.69. The molecule has 1 aliphatic carbocycles. The molecule has 1 fully saturated rings. The number of nitrogens with one attached hydrogen (secondary N) is 1. The van der Waals surface area contributed by atoms with Crippen molar-refractivity contribution in [2.75, 3.05) is 6.61 Å². The molecule has 2 atom stereocenters. The molecule has 0 aromatic heterocycles. The van der Waals surface area contributed by atoms with Crippen molar-refractivity contribution in [3.05, 3.63) is 35.9 Å². The zero-order valence-corrected chi connectivity index (χ0v) is 15.0. The van der Waals surface area contributed by atoms with Crippen LogP contribution in [0.1, 0.15) is 25.8 Å². The average molecular weight is 372 g/mol. The van der Waals surface area contributed by atoms with Gasteiger partial charge in [0.1, 0.15) is 9.75 Å². The molecule has 1 saturated carbocycles. The van der Waals surface area contributed by atoms with Gasteiger partial charge in [-0.1, -0.05) is 30.3 Å². The van der Waals surface area contributed by atoms with Crippen LogP contribution in [0.4, 0.5) is 0 Å². The molecule has 0 bridgehead atoms. The van der Waals surface area contributed by atoms with Gasteiger partial charge < -0.3 is 10.1 Å². The molecule has 1 N–H and O–H groups in total. The topological polar surface area (TPSA) is 72.5 Å². The number of carbonyl (C=O) groups is 3. The molecule has 5 nitrogen and oxygen atoms in total. The van der Waals surface area contributed by atoms with Crippen molar-refractivity contribution in [2.45, 2.75) is 37.1 Å². The van der Waals surface area contributed by atoms with Crippen LogP contribution in [-0.2, 0) is 25.5 Å². The maximum absolute atomic E-state index is 12.0. The Hall–Kier alpha value is -1.59. The second kappa shape index (κ2) is 7.11. The lowest BCUT2D eigenvalue weighted by Crippen LogP contribution is -2.43. The summed E-state index contributed by atoms with van der Waals surface area (Å²) in [6.07, 6.45) is 0.660. The maximum atomic E-state index is 12.0. The van der Waals surface area contributed by atoms with E-state index in [0.29, 0.717) is 6.42 Å². The fourth-order valence-corrected chi connectivity index (χ4v) is 2.98. The number of ether oxygens (including phenoxy) is 1. The largest absolute Gasteiger partial charge is 0.455 e. The van der Waals surface area contributed by atoms with E-state index < -0.39 is 34.3 Å². The number of amides is 1. The second-order valence-electron chi connectivity index (χ2n) is 6.21. The molecule has 1 amide bonds. The lowest BCUT2D eigenvalue weighted by Gasteiger charge is -2.17. The number of Topliss-reactive ketones (excluding diaryl/α,β-unsaturated/α-hetero) is 1. The Labute approximate surface area is 150 Å². The van der Waals surface area contributed by atoms with E-state index >= 15 is 0 Å². The van der Waals surface area contributed by atoms with Gasteiger partial charge in [-0.2, -0.15) is 0 Å². The molecule has 2 rings (SSSR count). The van der Waals surface area contributed by atoms with Crippen molar-refractivity contribution in [3.63, 3.8) is 0 Å². The number of rotatable bonds is 7. The quantitative estimate of drug-likeness (QED) is 0.590. The highest BCUT2D eigenvalue weighted by atomic mass is 35.5. The summed E-state index contributed by atoms with van der Waals surface area (Å²) in [5, 5.41) is 2.58. The molecular weight excluding hydrogens is 353 g/mol. The minimum atomic E-state index is -1.14. The number of carbonyl (C=O) groups excluding carboxylic acids is 3. The molecule has 0 unspecified atom stereocenters. The Morgan fingerprint density at radius 3 is 2.33 bits per heavy atom. The van der Waals surface area contributed by atoms with Crippen molar-refractivity contribution in [1.29, 1.82) is 0 Å². The van der Waals surface area contributed by atoms with Gasteiger partial charge >= 0.3 is 5.97 Å². The average Bonchev–Trinajstić information content (AvgIpc) is 3.05. The van der Waals surface area contributed by atoms with Gasteiger partial charge in [0, 0.05) is 6.42 Å². The van der Waals surface area contributed by atoms with E-state index in [9.17, 15) is 14.4 Å². The summed E-state index contributed by atoms with van der Waals surface area (Å²) < 4.78 is 3.82. The van der Waals surface area contributed by atoms with Gasteiger partial charge in [-0.05, 0) is 25.8 Å². The fraction of sp³-hybridized carbons (Fsp3) is 0.471. The Balaban J connectivity index is 1.85. The third-order valence-electron chi connectivity index (χ3n) is 4.15. The summed E-state index contributed by atoms with van der Waals surface area (Å²) in [6, 6.07) is 8.66. The number of alkyl halides is 2. The first-order valence-electron chi connectivity index (χ1n) is 7.54. The summed E-state index contributed by atoms with van der Waals surface area (Å²) in [7, 11) is 0. The monoisotopic (exact) mass is 371 g/mol. The molecule has 7 heteroatoms. The van der Waals surface area contributed by atoms with Gasteiger partial charge in [0.05, 0.1) is 6.04 Å². The maximum Gasteiger partial charge on any atom is 0.315 e. The van der Waals surface area contributed by atoms with Crippen molar-refractivity contribution in [1.82, 2.24) is 5.32 Å². The van der Waals surface area contributed by atoms with Crippen LogP contribution in [0, 0.1) is 5.41 Å². The summed E-state index contributed by atoms with van der Waals surface area (Å²) in [6.45, 7) is 2.51. The van der Waals surface area contributed by atoms with Gasteiger partial charge in [0.25, 0.3) is 5.91 Å². The molecule has 0 spiro atoms. The van der Waals surface area contributed by atoms with Crippen LogP contribution in [0.15, 0.2) is 30.3 Å². The van der Waals surface area contributed by atoms with Crippen LogP contribution in [-0.4, -0.2) is 34.6 Å². The van der Waals surface area contributed by atoms with Crippen molar-refractivity contribution in [3.8, 4) is 0 Å². The molecule has 130 valence electrons. The van der Waals surface area contributed by atoms with Gasteiger partial charge in [0.15, 0.2) is 12.4 Å². The van der Waals surface area contributed by atoms with Crippen molar-refractivity contribution < 1.29 is 19.1 Å². The fourth-order valence-electron chi connectivity index (χ4n) is 2.29. The van der Waals surface area contributed by atoms with E-state index in [0.717, 1.165) is 5.56 Å². The van der Waals surface area contributed by atoms with Crippen LogP contribution < -0.4 is 5.32 Å². The number of hydrogen-bond donors (Lipinski definition) is 1. The number of hydrogen-bond acceptors (Lipinski definition) is 4. The minimum Gasteiger partial charge on any atom is -0.455 e. The lowest BCUT2D eigenvalue weighted by molar-refractivity contribution is -0.153. The highest BCUT2D eigenvalue weighted by Crippen LogP contribution is 2.64. The Morgan fingerprint density at radius 2 is 1.83 bits per heavy atom. The molecule has 0 heterocycles. The predicted molar refractivity (Wildman–Crippen MR) is 90.9 cm³/mol. The zero-order valence-electron chi connectivity index (χ0n) is 13.5. The lowest BCUT2D eigenvalue weighted by atomic mass is 10.0. The van der Waals surface area contributed by atoms with Crippen molar-refractivity contribution >= 4 is 40.9 Å². The third kappa shape index (κ3) is 4.28. The van der Waals surface area contributed by atoms with Gasteiger partial charge in [-0.3, -0.25) is 14.4 Å². The number of ketones is 1. The van der Waals surface area contributed by atoms with Crippen LogP contribution in [0.25, 0.3) is 0 Å². The Kier molecular flexibility index (Phi) is 5.56. The van der Waals surface area contributed by atoms with Crippen LogP contribution in [0.3, 0.4) is 0 Å². The van der Waals surface area contributed by atoms with E-state index in [1.54, 1.807) is 6.92 Å². The molecule has 24 heavy (non-hydrogen) atoms. The molecule has 1 aromatic rings. The Bertz CT molecular complexity index is 647. The Morgan fingerprint density at radius 1 is 1.25 bits per heavy atom. The first kappa shape index (κ1) is 18.7. The summed E-state index contributed by atoms with van der Waals surface area (Å²) >= 11 is 11.8. The number of halogens is 2. The smallest absolute Gasteiger partial charge is 0.315 e. The van der Waals surface area contributed by atoms with Crippen LogP contribution >= 0.6 is 23.2 Å². The second-order valence-corrected chi connectivity index (χ2v) is 7.69. The van der Waals surface area contributed by atoms with E-state index in [4.69, 9.17) is 27.9 Å². The predicted octanol–water partition coefficient (Wildman–Crippen LogP) is 2.43. The third-order valence-corrected chi connectivity index (χ3v) is 5.25. The summed E-state index contributed by atoms with van der Waals surface area (Å²) in [4.78, 5) is 35.6. The molecule has 0 saturated heterocycles. The molecule has 0 aliphatic heterocycles. The van der Waals surface area contributed by atoms with Crippen LogP contribution in [0.5, 0.6) is 0 Å². The summed E-state index contributed by atoms with van der Waals surface area (Å²) in [5.41, 5.74) is -0.0602. The first-order valence-corrected chi connectivity index (χ1v) is 8.30. The van der Waals surface area contributed by atoms with E-state index in [1.807, 2.05) is 30.3 Å². The van der Waals surface area contributed by atoms with E-state index in [-0.39, 0.29) is 12.2 Å². The number of esters is 1. The van der Waals surface area contributed by atoms with Gasteiger partial charge in [0.2, 0.25) is 0 Å². The van der Waals surface area contributed by atoms with E-state index in [2.05, 4.69) is 5.32 Å². The SMILES string of the molecule is CC(=O)[C@@H](Cc1ccccc1)NC(=O)COC(=O)[C@@]1(C)CC1(Cl)Cl. The highest BCUT2D eigenvalue weighted by molar-refractivity contribution is 6.53. The van der Waals surface area contributed by atoms with E-state index in [1.165, 1.54) is 6.92 Å². The van der Waals surface area contributed by atoms with Crippen LogP contribution in [0.2, 0.25) is 0 Å². The number of benzene rings is 1. The van der Waals surface area contributed by atoms with Crippen molar-refractivity contribution in [2.24, 2.45) is 5.41 Å². The normalized spacial score (nSPS) is 22.3.